The molecule has 0 saturated carbocycles. The molecule has 0 spiro atoms. The number of ether oxygens (including phenoxy) is 1. The van der Waals surface area contributed by atoms with Crippen LogP contribution in [0.4, 0.5) is 5.69 Å². The molecule has 4 aromatic rings. The van der Waals surface area contributed by atoms with E-state index in [1.165, 1.54) is 16.8 Å². The smallest absolute Gasteiger partial charge is 0.270 e. The summed E-state index contributed by atoms with van der Waals surface area (Å²) in [6, 6.07) is 20.8. The first kappa shape index (κ1) is 20.6. The average Bonchev–Trinajstić information content (AvgIpc) is 3.41. The van der Waals surface area contributed by atoms with E-state index in [2.05, 4.69) is 70.3 Å². The molecule has 0 unspecified atom stereocenters. The van der Waals surface area contributed by atoms with Crippen LogP contribution in [-0.2, 0) is 6.54 Å². The summed E-state index contributed by atoms with van der Waals surface area (Å²) in [5, 5.41) is 3.24. The molecule has 1 aliphatic rings. The second-order valence-electron chi connectivity index (χ2n) is 8.26. The zero-order valence-electron chi connectivity index (χ0n) is 18.5. The number of thiophene rings is 1. The third kappa shape index (κ3) is 3.98. The molecule has 32 heavy (non-hydrogen) atoms. The van der Waals surface area contributed by atoms with Crippen molar-refractivity contribution in [1.29, 1.82) is 0 Å². The molecule has 0 radical (unpaired) electrons. The van der Waals surface area contributed by atoms with Gasteiger partial charge in [-0.3, -0.25) is 4.79 Å². The van der Waals surface area contributed by atoms with E-state index in [1.807, 2.05) is 17.0 Å². The predicted molar refractivity (Wildman–Crippen MR) is 131 cm³/mol. The van der Waals surface area contributed by atoms with Crippen molar-refractivity contribution in [2.75, 3.05) is 38.2 Å². The van der Waals surface area contributed by atoms with Gasteiger partial charge in [0.2, 0.25) is 0 Å². The first-order valence-corrected chi connectivity index (χ1v) is 11.8. The van der Waals surface area contributed by atoms with Gasteiger partial charge in [-0.05, 0) is 54.3 Å². The minimum Gasteiger partial charge on any atom is -0.497 e. The lowest BCUT2D eigenvalue weighted by Crippen LogP contribution is -2.49. The van der Waals surface area contributed by atoms with Crippen LogP contribution in [0.1, 0.15) is 21.6 Å². The average molecular weight is 446 g/mol. The second-order valence-corrected chi connectivity index (χ2v) is 9.16. The zero-order chi connectivity index (χ0) is 22.1. The number of nitrogens with zero attached hydrogens (tertiary/aromatic N) is 3. The Morgan fingerprint density at radius 1 is 1.00 bits per heavy atom. The van der Waals surface area contributed by atoms with E-state index in [1.54, 1.807) is 18.4 Å². The monoisotopic (exact) mass is 445 g/mol. The maximum absolute atomic E-state index is 13.5. The summed E-state index contributed by atoms with van der Waals surface area (Å²) in [6.07, 6.45) is 0. The third-order valence-corrected chi connectivity index (χ3v) is 7.10. The minimum atomic E-state index is 0.121. The molecule has 5 rings (SSSR count). The largest absolute Gasteiger partial charge is 0.497 e. The number of amides is 1. The SMILES string of the molecule is COc1ccc(N2CCN(C(=O)c3cc4ccsc4n3Cc3cccc(C)c3)CC2)cc1. The first-order valence-electron chi connectivity index (χ1n) is 10.9. The van der Waals surface area contributed by atoms with Crippen LogP contribution in [0.5, 0.6) is 5.75 Å². The number of piperazine rings is 1. The summed E-state index contributed by atoms with van der Waals surface area (Å²) in [6.45, 7) is 5.89. The number of anilines is 1. The number of aryl methyl sites for hydroxylation is 1. The van der Waals surface area contributed by atoms with Crippen molar-refractivity contribution in [1.82, 2.24) is 9.47 Å². The molecule has 1 fully saturated rings. The Morgan fingerprint density at radius 3 is 2.50 bits per heavy atom. The Bertz CT molecular complexity index is 1230. The van der Waals surface area contributed by atoms with E-state index in [0.29, 0.717) is 19.6 Å². The van der Waals surface area contributed by atoms with E-state index in [-0.39, 0.29) is 5.91 Å². The van der Waals surface area contributed by atoms with Crippen molar-refractivity contribution in [2.45, 2.75) is 13.5 Å². The van der Waals surface area contributed by atoms with Crippen LogP contribution in [-0.4, -0.2) is 48.7 Å². The van der Waals surface area contributed by atoms with Gasteiger partial charge in [-0.25, -0.2) is 0 Å². The van der Waals surface area contributed by atoms with Crippen LogP contribution in [0.25, 0.3) is 10.2 Å². The highest BCUT2D eigenvalue weighted by molar-refractivity contribution is 7.16. The summed E-state index contributed by atoms with van der Waals surface area (Å²) >= 11 is 1.70. The standard InChI is InChI=1S/C26H27N3O2S/c1-19-4-3-5-20(16-19)18-29-24(17-21-10-15-32-26(21)29)25(30)28-13-11-27(12-14-28)22-6-8-23(31-2)9-7-22/h3-10,15-17H,11-14,18H2,1-2H3. The van der Waals surface area contributed by atoms with E-state index in [9.17, 15) is 4.79 Å². The molecule has 1 aliphatic heterocycles. The van der Waals surface area contributed by atoms with Gasteiger partial charge >= 0.3 is 0 Å². The van der Waals surface area contributed by atoms with Gasteiger partial charge in [-0.2, -0.15) is 0 Å². The molecular formula is C26H27N3O2S. The Labute approximate surface area is 192 Å². The summed E-state index contributed by atoms with van der Waals surface area (Å²) in [7, 11) is 1.68. The maximum Gasteiger partial charge on any atom is 0.270 e. The maximum atomic E-state index is 13.5. The Kier molecular flexibility index (Phi) is 5.62. The topological polar surface area (TPSA) is 37.7 Å². The Balaban J connectivity index is 1.34. The summed E-state index contributed by atoms with van der Waals surface area (Å²) in [4.78, 5) is 19.0. The fourth-order valence-corrected chi connectivity index (χ4v) is 5.32. The highest BCUT2D eigenvalue weighted by Crippen LogP contribution is 2.28. The molecule has 0 atom stereocenters. The van der Waals surface area contributed by atoms with Crippen LogP contribution in [0.15, 0.2) is 66.0 Å². The van der Waals surface area contributed by atoms with Gasteiger partial charge in [0.05, 0.1) is 7.11 Å². The lowest BCUT2D eigenvalue weighted by atomic mass is 10.1. The van der Waals surface area contributed by atoms with Gasteiger partial charge < -0.3 is 19.1 Å². The lowest BCUT2D eigenvalue weighted by Gasteiger charge is -2.36. The molecule has 0 N–H and O–H groups in total. The molecule has 3 heterocycles. The quantitative estimate of drug-likeness (QED) is 0.432. The van der Waals surface area contributed by atoms with Crippen molar-refractivity contribution in [3.05, 3.63) is 82.9 Å². The van der Waals surface area contributed by atoms with E-state index in [0.717, 1.165) is 34.7 Å². The summed E-state index contributed by atoms with van der Waals surface area (Å²) < 4.78 is 7.45. The number of hydrogen-bond donors (Lipinski definition) is 0. The van der Waals surface area contributed by atoms with E-state index in [4.69, 9.17) is 4.74 Å². The molecule has 1 amide bonds. The van der Waals surface area contributed by atoms with Crippen LogP contribution >= 0.6 is 11.3 Å². The highest BCUT2D eigenvalue weighted by Gasteiger charge is 2.26. The van der Waals surface area contributed by atoms with Crippen LogP contribution in [0.3, 0.4) is 0 Å². The second kappa shape index (κ2) is 8.71. The van der Waals surface area contributed by atoms with Gasteiger partial charge in [-0.15, -0.1) is 11.3 Å². The number of hydrogen-bond acceptors (Lipinski definition) is 4. The van der Waals surface area contributed by atoms with Gasteiger partial charge in [0, 0.05) is 43.8 Å². The number of methoxy groups -OCH3 is 1. The van der Waals surface area contributed by atoms with Crippen molar-refractivity contribution in [3.63, 3.8) is 0 Å². The molecule has 164 valence electrons. The van der Waals surface area contributed by atoms with Gasteiger partial charge in [-0.1, -0.05) is 29.8 Å². The number of benzene rings is 2. The van der Waals surface area contributed by atoms with Crippen molar-refractivity contribution >= 4 is 33.1 Å². The number of rotatable bonds is 5. The summed E-state index contributed by atoms with van der Waals surface area (Å²) in [5.74, 6) is 0.979. The Morgan fingerprint density at radius 2 is 1.78 bits per heavy atom. The van der Waals surface area contributed by atoms with Crippen LogP contribution < -0.4 is 9.64 Å². The number of fused-ring (bicyclic) bond motifs is 1. The van der Waals surface area contributed by atoms with Crippen molar-refractivity contribution in [3.8, 4) is 5.75 Å². The highest BCUT2D eigenvalue weighted by atomic mass is 32.1. The van der Waals surface area contributed by atoms with Crippen LogP contribution in [0, 0.1) is 6.92 Å². The number of aromatic nitrogens is 1. The fourth-order valence-electron chi connectivity index (χ4n) is 4.43. The summed E-state index contributed by atoms with van der Waals surface area (Å²) in [5.41, 5.74) is 4.40. The molecule has 0 bridgehead atoms. The minimum absolute atomic E-state index is 0.121. The molecular weight excluding hydrogens is 418 g/mol. The Hall–Kier alpha value is -3.25. The number of carbonyl (C=O) groups is 1. The van der Waals surface area contributed by atoms with E-state index >= 15 is 0 Å². The molecule has 6 heteroatoms. The molecule has 1 saturated heterocycles. The predicted octanol–water partition coefficient (Wildman–Crippen LogP) is 5.03. The van der Waals surface area contributed by atoms with Crippen molar-refractivity contribution in [2.24, 2.45) is 0 Å². The molecule has 2 aromatic carbocycles. The molecule has 0 aliphatic carbocycles. The molecule has 2 aromatic heterocycles. The lowest BCUT2D eigenvalue weighted by molar-refractivity contribution is 0.0737. The van der Waals surface area contributed by atoms with Crippen LogP contribution in [0.2, 0.25) is 0 Å². The van der Waals surface area contributed by atoms with Gasteiger partial charge in [0.1, 0.15) is 16.3 Å². The molecule has 5 nitrogen and oxygen atoms in total. The van der Waals surface area contributed by atoms with E-state index < -0.39 is 0 Å². The third-order valence-electron chi connectivity index (χ3n) is 6.15. The zero-order valence-corrected chi connectivity index (χ0v) is 19.3. The normalized spacial score (nSPS) is 14.2. The van der Waals surface area contributed by atoms with Gasteiger partial charge in [0.15, 0.2) is 0 Å². The number of carbonyl (C=O) groups excluding carboxylic acids is 1. The first-order chi connectivity index (χ1) is 15.6. The fraction of sp³-hybridized carbons (Fsp3) is 0.269. The van der Waals surface area contributed by atoms with Crippen molar-refractivity contribution < 1.29 is 9.53 Å². The van der Waals surface area contributed by atoms with Gasteiger partial charge in [0.25, 0.3) is 5.91 Å².